The number of carbonyl (C=O) groups excluding carboxylic acids is 2. The molecule has 2 aromatic rings. The van der Waals surface area contributed by atoms with Crippen LogP contribution in [-0.2, 0) is 9.53 Å². The number of primary amides is 1. The monoisotopic (exact) mass is 294 g/mol. The molecular formula is C12H10N2O5S. The van der Waals surface area contributed by atoms with Crippen LogP contribution >= 0.6 is 11.3 Å². The molecule has 2 rings (SSSR count). The molecule has 1 aromatic heterocycles. The number of nitrogens with two attached hydrogens (primary N) is 1. The number of esters is 1. The van der Waals surface area contributed by atoms with Crippen molar-refractivity contribution in [2.45, 2.75) is 13.0 Å². The van der Waals surface area contributed by atoms with E-state index in [1.165, 1.54) is 25.1 Å². The van der Waals surface area contributed by atoms with Crippen LogP contribution in [0.25, 0.3) is 10.1 Å². The van der Waals surface area contributed by atoms with Gasteiger partial charge in [0.1, 0.15) is 4.88 Å². The van der Waals surface area contributed by atoms with Crippen molar-refractivity contribution < 1.29 is 19.2 Å². The minimum absolute atomic E-state index is 0.0549. The summed E-state index contributed by atoms with van der Waals surface area (Å²) in [7, 11) is 0. The lowest BCUT2D eigenvalue weighted by Crippen LogP contribution is -2.30. The minimum atomic E-state index is -1.03. The maximum atomic E-state index is 11.8. The second-order valence-electron chi connectivity index (χ2n) is 4.04. The van der Waals surface area contributed by atoms with Gasteiger partial charge in [0.05, 0.1) is 4.92 Å². The van der Waals surface area contributed by atoms with Crippen molar-refractivity contribution >= 4 is 39.0 Å². The van der Waals surface area contributed by atoms with Crippen LogP contribution in [0.15, 0.2) is 24.3 Å². The van der Waals surface area contributed by atoms with Gasteiger partial charge in [-0.25, -0.2) is 4.79 Å². The third kappa shape index (κ3) is 2.75. The topological polar surface area (TPSA) is 113 Å². The van der Waals surface area contributed by atoms with Gasteiger partial charge < -0.3 is 10.5 Å². The highest BCUT2D eigenvalue weighted by atomic mass is 32.1. The average molecular weight is 294 g/mol. The Balaban J connectivity index is 2.29. The Labute approximate surface area is 117 Å². The molecule has 8 heteroatoms. The van der Waals surface area contributed by atoms with Gasteiger partial charge in [-0.15, -0.1) is 11.3 Å². The van der Waals surface area contributed by atoms with Crippen molar-refractivity contribution in [3.05, 3.63) is 39.3 Å². The first kappa shape index (κ1) is 13.9. The van der Waals surface area contributed by atoms with Crippen molar-refractivity contribution in [1.29, 1.82) is 0 Å². The fourth-order valence-corrected chi connectivity index (χ4v) is 2.45. The van der Waals surface area contributed by atoms with Gasteiger partial charge in [0, 0.05) is 22.2 Å². The Bertz CT molecular complexity index is 709. The second kappa shape index (κ2) is 5.25. The van der Waals surface area contributed by atoms with Crippen molar-refractivity contribution in [3.8, 4) is 0 Å². The predicted octanol–water partition coefficient (Wildman–Crippen LogP) is 1.84. The van der Waals surface area contributed by atoms with E-state index in [0.29, 0.717) is 10.1 Å². The maximum absolute atomic E-state index is 11.8. The summed E-state index contributed by atoms with van der Waals surface area (Å²) in [5.41, 5.74) is 4.95. The van der Waals surface area contributed by atoms with E-state index >= 15 is 0 Å². The normalized spacial score (nSPS) is 12.1. The number of nitro groups is 1. The highest BCUT2D eigenvalue weighted by Gasteiger charge is 2.19. The third-order valence-electron chi connectivity index (χ3n) is 2.60. The van der Waals surface area contributed by atoms with Crippen LogP contribution in [0, 0.1) is 10.1 Å². The van der Waals surface area contributed by atoms with E-state index in [4.69, 9.17) is 10.5 Å². The smallest absolute Gasteiger partial charge is 0.349 e. The van der Waals surface area contributed by atoms with Gasteiger partial charge in [-0.05, 0) is 19.1 Å². The van der Waals surface area contributed by atoms with E-state index in [-0.39, 0.29) is 10.6 Å². The number of hydrogen-bond acceptors (Lipinski definition) is 6. The molecule has 0 aliphatic rings. The zero-order chi connectivity index (χ0) is 14.9. The van der Waals surface area contributed by atoms with Crippen LogP contribution < -0.4 is 5.73 Å². The molecular weight excluding hydrogens is 284 g/mol. The molecule has 0 saturated heterocycles. The summed E-state index contributed by atoms with van der Waals surface area (Å²) in [5, 5.41) is 11.2. The molecule has 1 heterocycles. The first-order chi connectivity index (χ1) is 9.38. The van der Waals surface area contributed by atoms with Crippen molar-refractivity contribution in [2.75, 3.05) is 0 Å². The van der Waals surface area contributed by atoms with Crippen LogP contribution in [0.5, 0.6) is 0 Å². The Hall–Kier alpha value is -2.48. The van der Waals surface area contributed by atoms with Gasteiger partial charge in [-0.3, -0.25) is 14.9 Å². The lowest BCUT2D eigenvalue weighted by molar-refractivity contribution is -0.384. The molecule has 0 fully saturated rings. The summed E-state index contributed by atoms with van der Waals surface area (Å²) in [6.07, 6.45) is -1.03. The number of benzene rings is 1. The van der Waals surface area contributed by atoms with Crippen molar-refractivity contribution in [2.24, 2.45) is 5.73 Å². The summed E-state index contributed by atoms with van der Waals surface area (Å²) >= 11 is 1.13. The standard InChI is InChI=1S/C12H10N2O5S/c1-6(11(13)15)19-12(16)10-5-7-4-8(14(17)18)2-3-9(7)20-10/h2-6H,1H3,(H2,13,15)/t6-/m0/s1. The molecule has 1 amide bonds. The molecule has 0 aliphatic carbocycles. The van der Waals surface area contributed by atoms with E-state index in [0.717, 1.165) is 11.3 Å². The SMILES string of the molecule is C[C@H](OC(=O)c1cc2cc([N+](=O)[O-])ccc2s1)C(N)=O. The Morgan fingerprint density at radius 3 is 2.70 bits per heavy atom. The Morgan fingerprint density at radius 2 is 2.10 bits per heavy atom. The van der Waals surface area contributed by atoms with Crippen LogP contribution in [-0.4, -0.2) is 22.9 Å². The molecule has 0 bridgehead atoms. The highest BCUT2D eigenvalue weighted by Crippen LogP contribution is 2.29. The first-order valence-corrected chi connectivity index (χ1v) is 6.38. The van der Waals surface area contributed by atoms with Gasteiger partial charge in [-0.1, -0.05) is 0 Å². The predicted molar refractivity (Wildman–Crippen MR) is 72.6 cm³/mol. The fraction of sp³-hybridized carbons (Fsp3) is 0.167. The van der Waals surface area contributed by atoms with E-state index in [9.17, 15) is 19.7 Å². The van der Waals surface area contributed by atoms with Gasteiger partial charge >= 0.3 is 5.97 Å². The zero-order valence-electron chi connectivity index (χ0n) is 10.4. The quantitative estimate of drug-likeness (QED) is 0.525. The molecule has 0 spiro atoms. The van der Waals surface area contributed by atoms with Crippen molar-refractivity contribution in [3.63, 3.8) is 0 Å². The largest absolute Gasteiger partial charge is 0.448 e. The van der Waals surface area contributed by atoms with Crippen LogP contribution in [0.4, 0.5) is 5.69 Å². The van der Waals surface area contributed by atoms with E-state index in [1.54, 1.807) is 6.07 Å². The number of hydrogen-bond donors (Lipinski definition) is 1. The van der Waals surface area contributed by atoms with Gasteiger partial charge in [0.25, 0.3) is 11.6 Å². The average Bonchev–Trinajstić information content (AvgIpc) is 2.80. The lowest BCUT2D eigenvalue weighted by atomic mass is 10.2. The van der Waals surface area contributed by atoms with Gasteiger partial charge in [0.15, 0.2) is 6.10 Å². The second-order valence-corrected chi connectivity index (χ2v) is 5.12. The number of nitrogens with zero attached hydrogens (tertiary/aromatic N) is 1. The summed E-state index contributed by atoms with van der Waals surface area (Å²) < 4.78 is 5.59. The van der Waals surface area contributed by atoms with E-state index < -0.39 is 22.9 Å². The highest BCUT2D eigenvalue weighted by molar-refractivity contribution is 7.20. The molecule has 7 nitrogen and oxygen atoms in total. The Morgan fingerprint density at radius 1 is 1.40 bits per heavy atom. The van der Waals surface area contributed by atoms with E-state index in [1.807, 2.05) is 0 Å². The number of non-ortho nitro benzene ring substituents is 1. The maximum Gasteiger partial charge on any atom is 0.349 e. The molecule has 20 heavy (non-hydrogen) atoms. The molecule has 2 N–H and O–H groups in total. The number of amides is 1. The number of ether oxygens (including phenoxy) is 1. The number of rotatable bonds is 4. The number of thiophene rings is 1. The molecule has 1 aromatic carbocycles. The number of nitro benzene ring substituents is 1. The summed E-state index contributed by atoms with van der Waals surface area (Å²) in [6, 6.07) is 5.79. The Kier molecular flexibility index (Phi) is 3.66. The molecule has 0 radical (unpaired) electrons. The first-order valence-electron chi connectivity index (χ1n) is 5.57. The van der Waals surface area contributed by atoms with E-state index in [2.05, 4.69) is 0 Å². The lowest BCUT2D eigenvalue weighted by Gasteiger charge is -2.07. The summed E-state index contributed by atoms with van der Waals surface area (Å²) in [4.78, 5) is 33.0. The third-order valence-corrected chi connectivity index (χ3v) is 3.69. The summed E-state index contributed by atoms with van der Waals surface area (Å²) in [6.45, 7) is 1.37. The van der Waals surface area contributed by atoms with Crippen LogP contribution in [0.3, 0.4) is 0 Å². The molecule has 0 unspecified atom stereocenters. The van der Waals surface area contributed by atoms with Gasteiger partial charge in [0.2, 0.25) is 0 Å². The molecule has 104 valence electrons. The molecule has 0 saturated carbocycles. The zero-order valence-corrected chi connectivity index (χ0v) is 11.2. The van der Waals surface area contributed by atoms with Gasteiger partial charge in [-0.2, -0.15) is 0 Å². The number of carbonyl (C=O) groups is 2. The number of fused-ring (bicyclic) bond motifs is 1. The molecule has 1 atom stereocenters. The summed E-state index contributed by atoms with van der Waals surface area (Å²) in [5.74, 6) is -1.42. The minimum Gasteiger partial charge on any atom is -0.448 e. The molecule has 0 aliphatic heterocycles. The van der Waals surface area contributed by atoms with Crippen LogP contribution in [0.2, 0.25) is 0 Å². The van der Waals surface area contributed by atoms with Crippen molar-refractivity contribution in [1.82, 2.24) is 0 Å². The fourth-order valence-electron chi connectivity index (χ4n) is 1.52. The van der Waals surface area contributed by atoms with Crippen LogP contribution in [0.1, 0.15) is 16.6 Å².